The topological polar surface area (TPSA) is 91.3 Å². The van der Waals surface area contributed by atoms with E-state index in [1.807, 2.05) is 0 Å². The molecule has 0 bridgehead atoms. The first kappa shape index (κ1) is 11.8. The van der Waals surface area contributed by atoms with Crippen LogP contribution in [0.3, 0.4) is 0 Å². The van der Waals surface area contributed by atoms with Gasteiger partial charge in [-0.15, -0.1) is 0 Å². The fraction of sp³-hybridized carbons (Fsp3) is 0. The van der Waals surface area contributed by atoms with E-state index in [1.165, 1.54) is 30.5 Å². The smallest absolute Gasteiger partial charge is 0.353 e. The van der Waals surface area contributed by atoms with Gasteiger partial charge in [0.2, 0.25) is 11.6 Å². The number of halogens is 1. The lowest BCUT2D eigenvalue weighted by Gasteiger charge is -2.06. The van der Waals surface area contributed by atoms with E-state index in [0.29, 0.717) is 0 Å². The summed E-state index contributed by atoms with van der Waals surface area (Å²) in [5, 5.41) is 10.8. The molecule has 7 heteroatoms. The van der Waals surface area contributed by atoms with Crippen LogP contribution in [-0.2, 0) is 0 Å². The minimum Gasteiger partial charge on any atom is -0.450 e. The number of pyridine rings is 1. The predicted molar refractivity (Wildman–Crippen MR) is 61.8 cm³/mol. The van der Waals surface area contributed by atoms with Crippen molar-refractivity contribution in [2.45, 2.75) is 0 Å². The first-order chi connectivity index (χ1) is 8.58. The number of anilines is 1. The lowest BCUT2D eigenvalue weighted by atomic mass is 10.3. The number of benzene rings is 1. The number of aromatic nitrogens is 1. The number of nitrogens with two attached hydrogens (primary N) is 1. The Morgan fingerprint density at radius 3 is 2.83 bits per heavy atom. The van der Waals surface area contributed by atoms with Crippen molar-refractivity contribution in [3.05, 3.63) is 52.5 Å². The van der Waals surface area contributed by atoms with E-state index < -0.39 is 16.4 Å². The summed E-state index contributed by atoms with van der Waals surface area (Å²) in [6.45, 7) is 0. The van der Waals surface area contributed by atoms with Crippen LogP contribution in [0.1, 0.15) is 0 Å². The zero-order valence-corrected chi connectivity index (χ0v) is 9.04. The molecule has 0 fully saturated rings. The predicted octanol–water partition coefficient (Wildman–Crippen LogP) is 2.50. The highest BCUT2D eigenvalue weighted by molar-refractivity contribution is 5.61. The summed E-state index contributed by atoms with van der Waals surface area (Å²) in [4.78, 5) is 13.7. The largest absolute Gasteiger partial charge is 0.450 e. The molecule has 92 valence electrons. The monoisotopic (exact) mass is 249 g/mol. The highest BCUT2D eigenvalue weighted by atomic mass is 19.1. The number of nitrogen functional groups attached to an aromatic ring is 1. The number of hydrogen-bond donors (Lipinski definition) is 1. The number of rotatable bonds is 3. The van der Waals surface area contributed by atoms with Crippen LogP contribution < -0.4 is 10.5 Å². The van der Waals surface area contributed by atoms with E-state index in [9.17, 15) is 14.5 Å². The second kappa shape index (κ2) is 4.66. The van der Waals surface area contributed by atoms with Gasteiger partial charge in [-0.1, -0.05) is 6.07 Å². The molecule has 0 amide bonds. The number of ether oxygens (including phenoxy) is 1. The second-order valence-corrected chi connectivity index (χ2v) is 3.36. The fourth-order valence-electron chi connectivity index (χ4n) is 1.37. The molecular weight excluding hydrogens is 241 g/mol. The van der Waals surface area contributed by atoms with Crippen molar-refractivity contribution in [3.8, 4) is 11.5 Å². The van der Waals surface area contributed by atoms with Crippen LogP contribution in [0, 0.1) is 15.9 Å². The maximum atomic E-state index is 13.0. The number of nitrogens with zero attached hydrogens (tertiary/aromatic N) is 2. The highest BCUT2D eigenvalue weighted by Gasteiger charge is 2.21. The Morgan fingerprint density at radius 2 is 2.17 bits per heavy atom. The van der Waals surface area contributed by atoms with Gasteiger partial charge in [-0.25, -0.2) is 9.37 Å². The van der Waals surface area contributed by atoms with Gasteiger partial charge in [0.15, 0.2) is 0 Å². The normalized spacial score (nSPS) is 10.1. The zero-order chi connectivity index (χ0) is 13.1. The molecule has 0 saturated heterocycles. The summed E-state index contributed by atoms with van der Waals surface area (Å²) in [5.74, 6) is -0.701. The maximum Gasteiger partial charge on any atom is 0.353 e. The Kier molecular flexibility index (Phi) is 3.05. The molecule has 0 radical (unpaired) electrons. The van der Waals surface area contributed by atoms with Gasteiger partial charge >= 0.3 is 5.69 Å². The lowest BCUT2D eigenvalue weighted by molar-refractivity contribution is -0.384. The Labute approximate surface area is 101 Å². The molecule has 6 nitrogen and oxygen atoms in total. The van der Waals surface area contributed by atoms with Crippen molar-refractivity contribution in [2.75, 3.05) is 5.73 Å². The van der Waals surface area contributed by atoms with E-state index in [4.69, 9.17) is 10.5 Å². The first-order valence-electron chi connectivity index (χ1n) is 4.90. The Balaban J connectivity index is 2.40. The summed E-state index contributed by atoms with van der Waals surface area (Å²) in [6.07, 6.45) is 1.27. The third-order valence-electron chi connectivity index (χ3n) is 2.12. The third-order valence-corrected chi connectivity index (χ3v) is 2.12. The minimum atomic E-state index is -0.697. The molecule has 0 aliphatic heterocycles. The summed E-state index contributed by atoms with van der Waals surface area (Å²) in [6, 6.07) is 6.55. The number of nitro groups is 1. The molecule has 2 rings (SSSR count). The van der Waals surface area contributed by atoms with Crippen molar-refractivity contribution in [2.24, 2.45) is 0 Å². The quantitative estimate of drug-likeness (QED) is 0.666. The van der Waals surface area contributed by atoms with Crippen molar-refractivity contribution >= 4 is 11.5 Å². The van der Waals surface area contributed by atoms with Crippen LogP contribution in [0.15, 0.2) is 36.5 Å². The van der Waals surface area contributed by atoms with E-state index in [1.54, 1.807) is 0 Å². The van der Waals surface area contributed by atoms with Crippen molar-refractivity contribution in [1.82, 2.24) is 4.98 Å². The molecule has 0 atom stereocenters. The molecule has 0 spiro atoms. The van der Waals surface area contributed by atoms with Crippen LogP contribution in [0.5, 0.6) is 11.5 Å². The van der Waals surface area contributed by atoms with Gasteiger partial charge in [0, 0.05) is 18.3 Å². The van der Waals surface area contributed by atoms with E-state index in [2.05, 4.69) is 4.98 Å². The molecule has 0 saturated carbocycles. The van der Waals surface area contributed by atoms with Crippen LogP contribution in [-0.4, -0.2) is 9.91 Å². The van der Waals surface area contributed by atoms with Gasteiger partial charge < -0.3 is 10.5 Å². The van der Waals surface area contributed by atoms with Gasteiger partial charge in [-0.2, -0.15) is 0 Å². The molecule has 18 heavy (non-hydrogen) atoms. The Morgan fingerprint density at radius 1 is 1.39 bits per heavy atom. The third kappa shape index (κ3) is 2.34. The SMILES string of the molecule is Nc1nccc(Oc2cccc(F)c2)c1[N+](=O)[O-]. The van der Waals surface area contributed by atoms with E-state index >= 15 is 0 Å². The summed E-state index contributed by atoms with van der Waals surface area (Å²) >= 11 is 0. The average molecular weight is 249 g/mol. The van der Waals surface area contributed by atoms with Crippen LogP contribution in [0.2, 0.25) is 0 Å². The molecule has 2 aromatic rings. The molecular formula is C11H8FN3O3. The standard InChI is InChI=1S/C11H8FN3O3/c12-7-2-1-3-8(6-7)18-9-4-5-14-11(13)10(9)15(16)17/h1-6H,(H2,13,14). The van der Waals surface area contributed by atoms with Crippen LogP contribution in [0.4, 0.5) is 15.9 Å². The van der Waals surface area contributed by atoms with Crippen LogP contribution in [0.25, 0.3) is 0 Å². The van der Waals surface area contributed by atoms with Crippen molar-refractivity contribution in [1.29, 1.82) is 0 Å². The van der Waals surface area contributed by atoms with E-state index in [-0.39, 0.29) is 17.3 Å². The molecule has 0 aliphatic rings. The zero-order valence-electron chi connectivity index (χ0n) is 9.04. The minimum absolute atomic E-state index is 0.0851. The molecule has 1 aromatic heterocycles. The lowest BCUT2D eigenvalue weighted by Crippen LogP contribution is -2.00. The second-order valence-electron chi connectivity index (χ2n) is 3.36. The van der Waals surface area contributed by atoms with E-state index in [0.717, 1.165) is 6.07 Å². The fourth-order valence-corrected chi connectivity index (χ4v) is 1.37. The van der Waals surface area contributed by atoms with Gasteiger partial charge in [-0.05, 0) is 12.1 Å². The summed E-state index contributed by atoms with van der Waals surface area (Å²) < 4.78 is 18.2. The molecule has 1 heterocycles. The van der Waals surface area contributed by atoms with Crippen molar-refractivity contribution < 1.29 is 14.1 Å². The molecule has 1 aromatic carbocycles. The molecule has 0 aliphatic carbocycles. The first-order valence-corrected chi connectivity index (χ1v) is 4.90. The molecule has 2 N–H and O–H groups in total. The van der Waals surface area contributed by atoms with Gasteiger partial charge in [0.25, 0.3) is 0 Å². The highest BCUT2D eigenvalue weighted by Crippen LogP contribution is 2.34. The summed E-state index contributed by atoms with van der Waals surface area (Å²) in [5.41, 5.74) is 4.96. The number of hydrogen-bond acceptors (Lipinski definition) is 5. The maximum absolute atomic E-state index is 13.0. The van der Waals surface area contributed by atoms with Crippen LogP contribution >= 0.6 is 0 Å². The van der Waals surface area contributed by atoms with Gasteiger partial charge in [0.05, 0.1) is 4.92 Å². The summed E-state index contributed by atoms with van der Waals surface area (Å²) in [7, 11) is 0. The average Bonchev–Trinajstić information content (AvgIpc) is 2.28. The Hall–Kier alpha value is -2.70. The van der Waals surface area contributed by atoms with Gasteiger partial charge in [-0.3, -0.25) is 10.1 Å². The Bertz CT molecular complexity index is 604. The molecule has 0 unspecified atom stereocenters. The van der Waals surface area contributed by atoms with Gasteiger partial charge in [0.1, 0.15) is 11.6 Å². The van der Waals surface area contributed by atoms with Crippen molar-refractivity contribution in [3.63, 3.8) is 0 Å².